The van der Waals surface area contributed by atoms with Crippen LogP contribution in [0.3, 0.4) is 0 Å². The van der Waals surface area contributed by atoms with Crippen LogP contribution in [-0.4, -0.2) is 36.7 Å². The lowest BCUT2D eigenvalue weighted by Gasteiger charge is -2.23. The largest absolute Gasteiger partial charge is 0.307 e. The molecule has 1 aliphatic heterocycles. The standard InChI is InChI=1S/C9H13N7/c1-2-6-8-13-14-9(7-5-11-15-12-7)16(8)4-3-10-6/h5-6,10H,2-4H2,1H3,(H,11,12,15). The molecule has 0 radical (unpaired) electrons. The second-order valence-corrected chi connectivity index (χ2v) is 3.80. The molecule has 0 aromatic carbocycles. The Hall–Kier alpha value is -1.76. The van der Waals surface area contributed by atoms with Crippen molar-refractivity contribution in [3.63, 3.8) is 0 Å². The molecule has 1 unspecified atom stereocenters. The van der Waals surface area contributed by atoms with Crippen LogP contribution < -0.4 is 5.32 Å². The number of fused-ring (bicyclic) bond motifs is 1. The van der Waals surface area contributed by atoms with E-state index in [1.165, 1.54) is 0 Å². The first-order valence-corrected chi connectivity index (χ1v) is 5.42. The van der Waals surface area contributed by atoms with E-state index in [0.29, 0.717) is 6.04 Å². The number of nitrogens with one attached hydrogen (secondary N) is 2. The number of nitrogens with zero attached hydrogens (tertiary/aromatic N) is 5. The SMILES string of the molecule is CCC1NCCn2c(-c3cn[nH]n3)nnc21. The second-order valence-electron chi connectivity index (χ2n) is 3.80. The van der Waals surface area contributed by atoms with Gasteiger partial charge >= 0.3 is 0 Å². The molecule has 2 N–H and O–H groups in total. The summed E-state index contributed by atoms with van der Waals surface area (Å²) in [5.41, 5.74) is 0.746. The summed E-state index contributed by atoms with van der Waals surface area (Å²) in [6.07, 6.45) is 2.68. The molecule has 0 fully saturated rings. The van der Waals surface area contributed by atoms with Crippen molar-refractivity contribution in [1.82, 2.24) is 35.5 Å². The molecular formula is C9H13N7. The summed E-state index contributed by atoms with van der Waals surface area (Å²) in [7, 11) is 0. The molecule has 3 heterocycles. The highest BCUT2D eigenvalue weighted by Crippen LogP contribution is 2.23. The zero-order valence-electron chi connectivity index (χ0n) is 9.01. The van der Waals surface area contributed by atoms with E-state index >= 15 is 0 Å². The van der Waals surface area contributed by atoms with Gasteiger partial charge in [-0.1, -0.05) is 6.92 Å². The lowest BCUT2D eigenvalue weighted by atomic mass is 10.2. The third kappa shape index (κ3) is 1.32. The fourth-order valence-electron chi connectivity index (χ4n) is 2.06. The Morgan fingerprint density at radius 1 is 1.50 bits per heavy atom. The van der Waals surface area contributed by atoms with Crippen molar-refractivity contribution in [1.29, 1.82) is 0 Å². The van der Waals surface area contributed by atoms with Gasteiger partial charge in [0.1, 0.15) is 5.69 Å². The van der Waals surface area contributed by atoms with Crippen LogP contribution in [0.2, 0.25) is 0 Å². The highest BCUT2D eigenvalue weighted by molar-refractivity contribution is 5.47. The number of H-pyrrole nitrogens is 1. The summed E-state index contributed by atoms with van der Waals surface area (Å²) in [6, 6.07) is 0.293. The number of hydrogen-bond acceptors (Lipinski definition) is 5. The molecule has 3 rings (SSSR count). The Morgan fingerprint density at radius 3 is 3.19 bits per heavy atom. The highest BCUT2D eigenvalue weighted by Gasteiger charge is 2.24. The fraction of sp³-hybridized carbons (Fsp3) is 0.556. The molecule has 84 valence electrons. The minimum Gasteiger partial charge on any atom is -0.307 e. The predicted molar refractivity (Wildman–Crippen MR) is 56.4 cm³/mol. The Labute approximate surface area is 92.3 Å². The third-order valence-corrected chi connectivity index (χ3v) is 2.87. The van der Waals surface area contributed by atoms with Gasteiger partial charge in [0, 0.05) is 13.1 Å². The number of rotatable bonds is 2. The molecule has 1 atom stereocenters. The van der Waals surface area contributed by atoms with Gasteiger partial charge in [-0.15, -0.1) is 10.2 Å². The van der Waals surface area contributed by atoms with Crippen LogP contribution in [0.15, 0.2) is 6.20 Å². The lowest BCUT2D eigenvalue weighted by molar-refractivity contribution is 0.407. The first kappa shape index (κ1) is 9.46. The Morgan fingerprint density at radius 2 is 2.44 bits per heavy atom. The van der Waals surface area contributed by atoms with E-state index in [-0.39, 0.29) is 0 Å². The van der Waals surface area contributed by atoms with Crippen LogP contribution in [0.4, 0.5) is 0 Å². The predicted octanol–water partition coefficient (Wildman–Crippen LogP) is 0.117. The summed E-state index contributed by atoms with van der Waals surface area (Å²) < 4.78 is 2.11. The van der Waals surface area contributed by atoms with Gasteiger partial charge in [0.15, 0.2) is 11.6 Å². The van der Waals surface area contributed by atoms with Crippen molar-refractivity contribution in [2.24, 2.45) is 0 Å². The van der Waals surface area contributed by atoms with Gasteiger partial charge in [-0.05, 0) is 6.42 Å². The number of aromatic amines is 1. The molecule has 2 aromatic heterocycles. The number of hydrogen-bond donors (Lipinski definition) is 2. The molecule has 0 aliphatic carbocycles. The van der Waals surface area contributed by atoms with Gasteiger partial charge in [0.25, 0.3) is 0 Å². The molecule has 0 amide bonds. The maximum Gasteiger partial charge on any atom is 0.186 e. The maximum absolute atomic E-state index is 4.23. The van der Waals surface area contributed by atoms with E-state index in [0.717, 1.165) is 36.9 Å². The molecule has 16 heavy (non-hydrogen) atoms. The minimum atomic E-state index is 0.293. The Bertz CT molecular complexity index is 472. The first-order valence-electron chi connectivity index (χ1n) is 5.42. The van der Waals surface area contributed by atoms with E-state index in [9.17, 15) is 0 Å². The molecule has 0 bridgehead atoms. The zero-order valence-corrected chi connectivity index (χ0v) is 9.01. The fourth-order valence-corrected chi connectivity index (χ4v) is 2.06. The Kier molecular flexibility index (Phi) is 2.17. The van der Waals surface area contributed by atoms with Gasteiger partial charge in [0.2, 0.25) is 0 Å². The van der Waals surface area contributed by atoms with Crippen molar-refractivity contribution in [3.05, 3.63) is 12.0 Å². The maximum atomic E-state index is 4.23. The summed E-state index contributed by atoms with van der Waals surface area (Å²) in [4.78, 5) is 0. The number of aromatic nitrogens is 6. The van der Waals surface area contributed by atoms with E-state index < -0.39 is 0 Å². The molecule has 0 saturated carbocycles. The van der Waals surface area contributed by atoms with Crippen LogP contribution in [-0.2, 0) is 6.54 Å². The molecule has 2 aromatic rings. The van der Waals surface area contributed by atoms with E-state index in [1.807, 2.05) is 0 Å². The lowest BCUT2D eigenvalue weighted by Crippen LogP contribution is -2.33. The molecular weight excluding hydrogens is 206 g/mol. The van der Waals surface area contributed by atoms with Crippen molar-refractivity contribution in [2.45, 2.75) is 25.9 Å². The van der Waals surface area contributed by atoms with E-state index in [2.05, 4.69) is 42.4 Å². The summed E-state index contributed by atoms with van der Waals surface area (Å²) in [5, 5.41) is 22.3. The molecule has 0 saturated heterocycles. The summed E-state index contributed by atoms with van der Waals surface area (Å²) >= 11 is 0. The second kappa shape index (κ2) is 3.67. The van der Waals surface area contributed by atoms with Crippen molar-refractivity contribution >= 4 is 0 Å². The molecule has 7 nitrogen and oxygen atoms in total. The van der Waals surface area contributed by atoms with E-state index in [4.69, 9.17) is 0 Å². The van der Waals surface area contributed by atoms with Crippen LogP contribution in [0.25, 0.3) is 11.5 Å². The topological polar surface area (TPSA) is 84.3 Å². The van der Waals surface area contributed by atoms with Crippen LogP contribution >= 0.6 is 0 Å². The smallest absolute Gasteiger partial charge is 0.186 e. The highest BCUT2D eigenvalue weighted by atomic mass is 15.4. The van der Waals surface area contributed by atoms with Crippen LogP contribution in [0.5, 0.6) is 0 Å². The minimum absolute atomic E-state index is 0.293. The third-order valence-electron chi connectivity index (χ3n) is 2.87. The zero-order chi connectivity index (χ0) is 11.0. The van der Waals surface area contributed by atoms with Crippen LogP contribution in [0, 0.1) is 0 Å². The molecule has 0 spiro atoms. The molecule has 7 heteroatoms. The normalized spacial score (nSPS) is 19.7. The summed E-state index contributed by atoms with van der Waals surface area (Å²) in [5.74, 6) is 1.79. The first-order chi connectivity index (χ1) is 7.90. The van der Waals surface area contributed by atoms with Crippen molar-refractivity contribution < 1.29 is 0 Å². The van der Waals surface area contributed by atoms with Gasteiger partial charge in [0.05, 0.1) is 12.2 Å². The van der Waals surface area contributed by atoms with Crippen molar-refractivity contribution in [3.8, 4) is 11.5 Å². The van der Waals surface area contributed by atoms with Gasteiger partial charge < -0.3 is 9.88 Å². The quantitative estimate of drug-likeness (QED) is 0.749. The molecule has 1 aliphatic rings. The van der Waals surface area contributed by atoms with E-state index in [1.54, 1.807) is 6.20 Å². The van der Waals surface area contributed by atoms with Gasteiger partial charge in [-0.3, -0.25) is 0 Å². The van der Waals surface area contributed by atoms with Crippen LogP contribution in [0.1, 0.15) is 25.2 Å². The van der Waals surface area contributed by atoms with Crippen molar-refractivity contribution in [2.75, 3.05) is 6.54 Å². The average Bonchev–Trinajstić information content (AvgIpc) is 2.96. The average molecular weight is 219 g/mol. The summed E-state index contributed by atoms with van der Waals surface area (Å²) in [6.45, 7) is 3.95. The van der Waals surface area contributed by atoms with Gasteiger partial charge in [-0.25, -0.2) is 0 Å². The Balaban J connectivity index is 2.06. The monoisotopic (exact) mass is 219 g/mol. The van der Waals surface area contributed by atoms with Gasteiger partial charge in [-0.2, -0.15) is 15.4 Å².